The van der Waals surface area contributed by atoms with Crippen molar-refractivity contribution in [3.05, 3.63) is 34.9 Å². The number of halogens is 1. The Morgan fingerprint density at radius 2 is 1.71 bits per heavy atom. The zero-order valence-corrected chi connectivity index (χ0v) is 14.4. The summed E-state index contributed by atoms with van der Waals surface area (Å²) in [7, 11) is 2.37. The van der Waals surface area contributed by atoms with E-state index >= 15 is 0 Å². The lowest BCUT2D eigenvalue weighted by Gasteiger charge is -2.43. The van der Waals surface area contributed by atoms with E-state index in [4.69, 9.17) is 21.1 Å². The summed E-state index contributed by atoms with van der Waals surface area (Å²) < 4.78 is 9.56. The Morgan fingerprint density at radius 1 is 1.17 bits per heavy atom. The van der Waals surface area contributed by atoms with Crippen LogP contribution in [0.4, 0.5) is 0 Å². The summed E-state index contributed by atoms with van der Waals surface area (Å²) in [6, 6.07) is 6.42. The van der Waals surface area contributed by atoms with Gasteiger partial charge < -0.3 is 14.6 Å². The van der Waals surface area contributed by atoms with Gasteiger partial charge in [0.25, 0.3) is 0 Å². The van der Waals surface area contributed by atoms with Crippen LogP contribution in [0.5, 0.6) is 0 Å². The maximum atomic E-state index is 12.5. The fourth-order valence-corrected chi connectivity index (χ4v) is 3.48. The molecule has 2 rings (SSSR count). The third-order valence-electron chi connectivity index (χ3n) is 4.43. The number of ether oxygens (including phenoxy) is 2. The van der Waals surface area contributed by atoms with E-state index in [1.165, 1.54) is 21.1 Å². The minimum atomic E-state index is -1.64. The molecule has 0 bridgehead atoms. The van der Waals surface area contributed by atoms with E-state index in [-0.39, 0.29) is 6.42 Å². The summed E-state index contributed by atoms with van der Waals surface area (Å²) in [4.78, 5) is 37.0. The van der Waals surface area contributed by atoms with E-state index in [9.17, 15) is 19.5 Å². The Morgan fingerprint density at radius 3 is 2.21 bits per heavy atom. The Hall–Kier alpha value is -1.92. The first-order valence-electron chi connectivity index (χ1n) is 7.39. The second-order valence-electron chi connectivity index (χ2n) is 6.08. The number of rotatable bonds is 3. The van der Waals surface area contributed by atoms with Crippen LogP contribution in [0.15, 0.2) is 24.3 Å². The van der Waals surface area contributed by atoms with Crippen molar-refractivity contribution in [3.63, 3.8) is 0 Å². The van der Waals surface area contributed by atoms with Crippen LogP contribution in [-0.2, 0) is 23.9 Å². The second-order valence-corrected chi connectivity index (χ2v) is 6.52. The zero-order chi connectivity index (χ0) is 18.1. The van der Waals surface area contributed by atoms with Crippen molar-refractivity contribution in [2.75, 3.05) is 14.2 Å². The number of hydrogen-bond acceptors (Lipinski definition) is 6. The molecule has 4 atom stereocenters. The molecule has 130 valence electrons. The molecule has 0 spiro atoms. The quantitative estimate of drug-likeness (QED) is 0.656. The maximum absolute atomic E-state index is 12.5. The van der Waals surface area contributed by atoms with Gasteiger partial charge in [0, 0.05) is 17.4 Å². The van der Waals surface area contributed by atoms with Gasteiger partial charge in [-0.25, -0.2) is 0 Å². The van der Waals surface area contributed by atoms with Crippen LogP contribution in [-0.4, -0.2) is 42.6 Å². The maximum Gasteiger partial charge on any atom is 0.316 e. The summed E-state index contributed by atoms with van der Waals surface area (Å²) >= 11 is 5.89. The Kier molecular flexibility index (Phi) is 5.30. The number of carbonyl (C=O) groups excluding carboxylic acids is 3. The molecule has 0 amide bonds. The zero-order valence-electron chi connectivity index (χ0n) is 13.6. The largest absolute Gasteiger partial charge is 0.469 e. The molecular weight excluding hydrogens is 336 g/mol. The smallest absolute Gasteiger partial charge is 0.316 e. The number of Topliss-reactive ketones (excluding diaryl/α,β-unsaturated/α-hetero) is 1. The van der Waals surface area contributed by atoms with Crippen LogP contribution in [0.3, 0.4) is 0 Å². The summed E-state index contributed by atoms with van der Waals surface area (Å²) in [6.45, 7) is 1.39. The molecule has 0 saturated heterocycles. The highest BCUT2D eigenvalue weighted by atomic mass is 35.5. The van der Waals surface area contributed by atoms with Gasteiger partial charge in [-0.3, -0.25) is 14.4 Å². The molecule has 0 unspecified atom stereocenters. The van der Waals surface area contributed by atoms with Crippen molar-refractivity contribution in [1.29, 1.82) is 0 Å². The Bertz CT molecular complexity index is 652. The molecule has 24 heavy (non-hydrogen) atoms. The van der Waals surface area contributed by atoms with Crippen LogP contribution < -0.4 is 0 Å². The molecule has 0 aliphatic heterocycles. The van der Waals surface area contributed by atoms with Gasteiger partial charge >= 0.3 is 11.9 Å². The molecule has 1 fully saturated rings. The average Bonchev–Trinajstić information content (AvgIpc) is 2.53. The minimum Gasteiger partial charge on any atom is -0.469 e. The first kappa shape index (κ1) is 18.4. The Balaban J connectivity index is 2.63. The van der Waals surface area contributed by atoms with Crippen LogP contribution >= 0.6 is 11.6 Å². The lowest BCUT2D eigenvalue weighted by Crippen LogP contribution is -2.55. The normalized spacial score (nSPS) is 29.9. The third kappa shape index (κ3) is 3.30. The Labute approximate surface area is 144 Å². The van der Waals surface area contributed by atoms with E-state index < -0.39 is 41.1 Å². The number of carbonyl (C=O) groups is 3. The fourth-order valence-electron chi connectivity index (χ4n) is 3.35. The highest BCUT2D eigenvalue weighted by Gasteiger charge is 2.56. The van der Waals surface area contributed by atoms with Crippen LogP contribution in [0, 0.1) is 11.8 Å². The third-order valence-corrected chi connectivity index (χ3v) is 4.68. The summed E-state index contributed by atoms with van der Waals surface area (Å²) in [6.07, 6.45) is -0.337. The number of ketones is 1. The average molecular weight is 355 g/mol. The van der Waals surface area contributed by atoms with Crippen molar-refractivity contribution in [1.82, 2.24) is 0 Å². The van der Waals surface area contributed by atoms with Gasteiger partial charge in [-0.15, -0.1) is 0 Å². The number of hydrogen-bond donors (Lipinski definition) is 1. The van der Waals surface area contributed by atoms with E-state index in [2.05, 4.69) is 0 Å². The van der Waals surface area contributed by atoms with Gasteiger partial charge in [0.1, 0.15) is 5.92 Å². The van der Waals surface area contributed by atoms with Crippen molar-refractivity contribution in [2.45, 2.75) is 24.9 Å². The van der Waals surface area contributed by atoms with E-state index in [0.29, 0.717) is 10.6 Å². The van der Waals surface area contributed by atoms with Gasteiger partial charge in [0.15, 0.2) is 5.78 Å². The highest BCUT2D eigenvalue weighted by Crippen LogP contribution is 2.46. The monoisotopic (exact) mass is 354 g/mol. The SMILES string of the molecule is COC(=O)[C@H]1C(=O)C[C@](C)(O)[C@@H](C(=O)OC)[C@H]1c1ccc(Cl)cc1. The molecule has 6 nitrogen and oxygen atoms in total. The van der Waals surface area contributed by atoms with Crippen LogP contribution in [0.1, 0.15) is 24.8 Å². The number of benzene rings is 1. The molecule has 0 aromatic heterocycles. The van der Waals surface area contributed by atoms with Crippen molar-refractivity contribution >= 4 is 29.3 Å². The molecule has 0 radical (unpaired) electrons. The molecule has 1 N–H and O–H groups in total. The number of aliphatic hydroxyl groups is 1. The minimum absolute atomic E-state index is 0.337. The summed E-state index contributed by atoms with van der Waals surface area (Å²) in [5, 5.41) is 11.1. The molecule has 1 saturated carbocycles. The summed E-state index contributed by atoms with van der Waals surface area (Å²) in [5.74, 6) is -5.11. The van der Waals surface area contributed by atoms with Gasteiger partial charge in [0.2, 0.25) is 0 Å². The molecule has 0 heterocycles. The predicted octanol–water partition coefficient (Wildman–Crippen LogP) is 1.73. The van der Waals surface area contributed by atoms with Crippen molar-refractivity contribution < 1.29 is 29.0 Å². The fraction of sp³-hybridized carbons (Fsp3) is 0.471. The predicted molar refractivity (Wildman–Crippen MR) is 85.5 cm³/mol. The van der Waals surface area contributed by atoms with E-state index in [1.807, 2.05) is 0 Å². The molecular formula is C17H19ClO6. The van der Waals surface area contributed by atoms with E-state index in [1.54, 1.807) is 24.3 Å². The van der Waals surface area contributed by atoms with Crippen molar-refractivity contribution in [2.24, 2.45) is 11.8 Å². The van der Waals surface area contributed by atoms with Crippen LogP contribution in [0.25, 0.3) is 0 Å². The molecule has 7 heteroatoms. The van der Waals surface area contributed by atoms with Crippen LogP contribution in [0.2, 0.25) is 5.02 Å². The molecule has 1 aliphatic carbocycles. The van der Waals surface area contributed by atoms with Gasteiger partial charge in [-0.05, 0) is 24.6 Å². The standard InChI is InChI=1S/C17H19ClO6/c1-17(22)8-11(19)13(15(20)23-2)12(14(17)16(21)24-3)9-4-6-10(18)7-5-9/h4-7,12-14,22H,8H2,1-3H3/t12-,13-,14+,17-/m0/s1. The van der Waals surface area contributed by atoms with Gasteiger partial charge in [-0.1, -0.05) is 23.7 Å². The lowest BCUT2D eigenvalue weighted by atomic mass is 9.62. The van der Waals surface area contributed by atoms with Crippen molar-refractivity contribution in [3.8, 4) is 0 Å². The second kappa shape index (κ2) is 6.91. The summed E-state index contributed by atoms with van der Waals surface area (Å²) in [5.41, 5.74) is -1.11. The molecule has 1 aromatic carbocycles. The van der Waals surface area contributed by atoms with Gasteiger partial charge in [0.05, 0.1) is 25.7 Å². The molecule has 1 aromatic rings. The number of methoxy groups -OCH3 is 2. The topological polar surface area (TPSA) is 89.9 Å². The highest BCUT2D eigenvalue weighted by molar-refractivity contribution is 6.30. The molecule has 1 aliphatic rings. The number of esters is 2. The van der Waals surface area contributed by atoms with Gasteiger partial charge in [-0.2, -0.15) is 0 Å². The lowest BCUT2D eigenvalue weighted by molar-refractivity contribution is -0.170. The first-order valence-corrected chi connectivity index (χ1v) is 7.77. The first-order chi connectivity index (χ1) is 11.2. The van der Waals surface area contributed by atoms with E-state index in [0.717, 1.165) is 0 Å².